The van der Waals surface area contributed by atoms with E-state index in [1.807, 2.05) is 31.3 Å². The molecule has 0 amide bonds. The molecule has 2 rings (SSSR count). The number of methoxy groups -OCH3 is 1. The minimum absolute atomic E-state index is 0.238. The highest BCUT2D eigenvalue weighted by atomic mass is 16.5. The van der Waals surface area contributed by atoms with Gasteiger partial charge in [0.15, 0.2) is 11.5 Å². The van der Waals surface area contributed by atoms with Gasteiger partial charge in [-0.1, -0.05) is 24.3 Å². The van der Waals surface area contributed by atoms with E-state index in [4.69, 9.17) is 9.47 Å². The van der Waals surface area contributed by atoms with Gasteiger partial charge in [-0.2, -0.15) is 0 Å². The lowest BCUT2D eigenvalue weighted by Crippen LogP contribution is -2.08. The van der Waals surface area contributed by atoms with E-state index in [2.05, 4.69) is 5.32 Å². The minimum Gasteiger partial charge on any atom is -0.508 e. The fourth-order valence-corrected chi connectivity index (χ4v) is 2.02. The lowest BCUT2D eigenvalue weighted by atomic mass is 10.1. The second-order valence-electron chi connectivity index (χ2n) is 4.44. The lowest BCUT2D eigenvalue weighted by Gasteiger charge is -2.15. The Labute approximate surface area is 119 Å². The largest absolute Gasteiger partial charge is 0.508 e. The number of phenolic OH excluding ortho intramolecular Hbond substituents is 1. The second-order valence-corrected chi connectivity index (χ2v) is 4.44. The summed E-state index contributed by atoms with van der Waals surface area (Å²) in [5, 5.41) is 12.6. The molecule has 0 saturated carbocycles. The van der Waals surface area contributed by atoms with Gasteiger partial charge in [0.2, 0.25) is 0 Å². The summed E-state index contributed by atoms with van der Waals surface area (Å²) in [4.78, 5) is 0. The summed E-state index contributed by atoms with van der Waals surface area (Å²) in [6.45, 7) is 1.08. The first-order valence-corrected chi connectivity index (χ1v) is 6.45. The molecule has 0 heterocycles. The molecular formula is C16H19NO3. The predicted molar refractivity (Wildman–Crippen MR) is 78.2 cm³/mol. The first-order chi connectivity index (χ1) is 9.74. The summed E-state index contributed by atoms with van der Waals surface area (Å²) in [7, 11) is 3.51. The number of ether oxygens (including phenoxy) is 2. The van der Waals surface area contributed by atoms with E-state index < -0.39 is 0 Å². The van der Waals surface area contributed by atoms with E-state index in [-0.39, 0.29) is 5.75 Å². The van der Waals surface area contributed by atoms with Crippen molar-refractivity contribution in [3.05, 3.63) is 53.6 Å². The molecule has 0 aliphatic rings. The van der Waals surface area contributed by atoms with Crippen LogP contribution in [0.4, 0.5) is 0 Å². The van der Waals surface area contributed by atoms with Crippen molar-refractivity contribution in [2.24, 2.45) is 0 Å². The number of para-hydroxylation sites is 1. The summed E-state index contributed by atoms with van der Waals surface area (Å²) < 4.78 is 11.2. The molecule has 0 radical (unpaired) electrons. The number of aromatic hydroxyl groups is 1. The molecule has 0 bridgehead atoms. The van der Waals surface area contributed by atoms with E-state index in [9.17, 15) is 5.11 Å². The fourth-order valence-electron chi connectivity index (χ4n) is 2.02. The van der Waals surface area contributed by atoms with Crippen LogP contribution in [-0.4, -0.2) is 19.3 Å². The quantitative estimate of drug-likeness (QED) is 0.849. The summed E-state index contributed by atoms with van der Waals surface area (Å²) >= 11 is 0. The van der Waals surface area contributed by atoms with E-state index in [1.165, 1.54) is 0 Å². The maximum absolute atomic E-state index is 9.46. The van der Waals surface area contributed by atoms with Crippen molar-refractivity contribution in [2.45, 2.75) is 13.2 Å². The Bertz CT molecular complexity index is 569. The number of rotatable bonds is 6. The molecular weight excluding hydrogens is 254 g/mol. The van der Waals surface area contributed by atoms with Gasteiger partial charge < -0.3 is 19.9 Å². The van der Waals surface area contributed by atoms with Crippen molar-refractivity contribution in [3.8, 4) is 17.2 Å². The van der Waals surface area contributed by atoms with Gasteiger partial charge in [0.25, 0.3) is 0 Å². The fraction of sp³-hybridized carbons (Fsp3) is 0.250. The second kappa shape index (κ2) is 6.82. The maximum Gasteiger partial charge on any atom is 0.166 e. The van der Waals surface area contributed by atoms with Gasteiger partial charge in [-0.15, -0.1) is 0 Å². The zero-order valence-corrected chi connectivity index (χ0v) is 11.7. The third-order valence-corrected chi connectivity index (χ3v) is 2.94. The molecule has 4 heteroatoms. The molecule has 2 aromatic rings. The van der Waals surface area contributed by atoms with Gasteiger partial charge >= 0.3 is 0 Å². The summed E-state index contributed by atoms with van der Waals surface area (Å²) in [5.74, 6) is 1.67. The van der Waals surface area contributed by atoms with Crippen molar-refractivity contribution in [2.75, 3.05) is 14.2 Å². The van der Waals surface area contributed by atoms with E-state index in [1.54, 1.807) is 25.3 Å². The SMILES string of the molecule is CNCc1cccc(OC)c1OCc1cccc(O)c1. The Kier molecular flexibility index (Phi) is 4.85. The van der Waals surface area contributed by atoms with E-state index >= 15 is 0 Å². The Hall–Kier alpha value is -2.20. The molecule has 4 nitrogen and oxygen atoms in total. The van der Waals surface area contributed by atoms with Crippen molar-refractivity contribution < 1.29 is 14.6 Å². The van der Waals surface area contributed by atoms with Crippen LogP contribution in [0.3, 0.4) is 0 Å². The Balaban J connectivity index is 2.19. The molecule has 20 heavy (non-hydrogen) atoms. The van der Waals surface area contributed by atoms with Crippen molar-refractivity contribution in [1.82, 2.24) is 5.32 Å². The van der Waals surface area contributed by atoms with Crippen LogP contribution in [0.25, 0.3) is 0 Å². The Morgan fingerprint density at radius 1 is 1.15 bits per heavy atom. The molecule has 0 fully saturated rings. The van der Waals surface area contributed by atoms with Crippen LogP contribution in [-0.2, 0) is 13.2 Å². The topological polar surface area (TPSA) is 50.7 Å². The molecule has 0 aliphatic heterocycles. The normalized spacial score (nSPS) is 10.3. The van der Waals surface area contributed by atoms with Crippen LogP contribution in [0, 0.1) is 0 Å². The average Bonchev–Trinajstić information content (AvgIpc) is 2.46. The van der Waals surface area contributed by atoms with Crippen LogP contribution in [0.1, 0.15) is 11.1 Å². The molecule has 0 saturated heterocycles. The summed E-state index contributed by atoms with van der Waals surface area (Å²) in [6.07, 6.45) is 0. The zero-order valence-electron chi connectivity index (χ0n) is 11.7. The van der Waals surface area contributed by atoms with Gasteiger partial charge in [-0.3, -0.25) is 0 Å². The van der Waals surface area contributed by atoms with Crippen molar-refractivity contribution >= 4 is 0 Å². The highest BCUT2D eigenvalue weighted by Gasteiger charge is 2.10. The first kappa shape index (κ1) is 14.2. The summed E-state index contributed by atoms with van der Waals surface area (Å²) in [6, 6.07) is 12.8. The van der Waals surface area contributed by atoms with E-state index in [0.29, 0.717) is 18.9 Å². The lowest BCUT2D eigenvalue weighted by molar-refractivity contribution is 0.280. The number of nitrogens with one attached hydrogen (secondary N) is 1. The van der Waals surface area contributed by atoms with Gasteiger partial charge in [-0.05, 0) is 30.8 Å². The van der Waals surface area contributed by atoms with Gasteiger partial charge in [0.05, 0.1) is 7.11 Å². The molecule has 0 aromatic heterocycles. The van der Waals surface area contributed by atoms with Crippen molar-refractivity contribution in [1.29, 1.82) is 0 Å². The first-order valence-electron chi connectivity index (χ1n) is 6.45. The van der Waals surface area contributed by atoms with Crippen molar-refractivity contribution in [3.63, 3.8) is 0 Å². The molecule has 0 atom stereocenters. The van der Waals surface area contributed by atoms with E-state index in [0.717, 1.165) is 16.9 Å². The number of hydrogen-bond acceptors (Lipinski definition) is 4. The highest BCUT2D eigenvalue weighted by molar-refractivity contribution is 5.46. The van der Waals surface area contributed by atoms with Gasteiger partial charge in [0, 0.05) is 12.1 Å². The minimum atomic E-state index is 0.238. The van der Waals surface area contributed by atoms with Crippen LogP contribution in [0.2, 0.25) is 0 Å². The number of hydrogen-bond donors (Lipinski definition) is 2. The molecule has 0 spiro atoms. The Morgan fingerprint density at radius 3 is 2.65 bits per heavy atom. The monoisotopic (exact) mass is 273 g/mol. The van der Waals surface area contributed by atoms with Crippen LogP contribution < -0.4 is 14.8 Å². The maximum atomic E-state index is 9.46. The molecule has 0 unspecified atom stereocenters. The number of phenols is 1. The summed E-state index contributed by atoms with van der Waals surface area (Å²) in [5.41, 5.74) is 1.94. The average molecular weight is 273 g/mol. The predicted octanol–water partition coefficient (Wildman–Crippen LogP) is 2.70. The third kappa shape index (κ3) is 3.42. The molecule has 2 aromatic carbocycles. The molecule has 0 aliphatic carbocycles. The van der Waals surface area contributed by atoms with Gasteiger partial charge in [0.1, 0.15) is 12.4 Å². The smallest absolute Gasteiger partial charge is 0.166 e. The zero-order chi connectivity index (χ0) is 14.4. The van der Waals surface area contributed by atoms with Crippen LogP contribution in [0.5, 0.6) is 17.2 Å². The molecule has 106 valence electrons. The number of benzene rings is 2. The van der Waals surface area contributed by atoms with Crippen LogP contribution in [0.15, 0.2) is 42.5 Å². The standard InChI is InChI=1S/C16H19NO3/c1-17-10-13-6-4-8-15(19-2)16(13)20-11-12-5-3-7-14(18)9-12/h3-9,17-18H,10-11H2,1-2H3. The van der Waals surface area contributed by atoms with Crippen LogP contribution >= 0.6 is 0 Å². The molecule has 2 N–H and O–H groups in total. The van der Waals surface area contributed by atoms with Gasteiger partial charge in [-0.25, -0.2) is 0 Å². The third-order valence-electron chi connectivity index (χ3n) is 2.94. The highest BCUT2D eigenvalue weighted by Crippen LogP contribution is 2.31. The Morgan fingerprint density at radius 2 is 1.95 bits per heavy atom.